The molecule has 3 nitrogen and oxygen atoms in total. The smallest absolute Gasteiger partial charge is 0.0868 e. The van der Waals surface area contributed by atoms with E-state index in [1.165, 1.54) is 77.0 Å². The van der Waals surface area contributed by atoms with E-state index in [0.717, 1.165) is 71.2 Å². The molecule has 0 aromatic heterocycles. The molecule has 4 N–H and O–H groups in total. The molecule has 4 saturated carbocycles. The first-order valence-corrected chi connectivity index (χ1v) is 17.4. The third-order valence-electron chi connectivity index (χ3n) is 13.3. The van der Waals surface area contributed by atoms with Gasteiger partial charge in [-0.05, 0) is 122 Å². The molecule has 5 rings (SSSR count). The molecule has 4 fully saturated rings. The Kier molecular flexibility index (Phi) is 9.21. The monoisotopic (exact) mass is 550 g/mol. The number of nitrogen functional groups attached to an aromatic ring is 2. The minimum absolute atomic E-state index is 0.00329. The van der Waals surface area contributed by atoms with E-state index in [1.54, 1.807) is 0 Å². The molecule has 4 aliphatic rings. The maximum Gasteiger partial charge on any atom is 0.0868 e. The highest BCUT2D eigenvalue weighted by Crippen LogP contribution is 2.69. The van der Waals surface area contributed by atoms with Crippen molar-refractivity contribution in [1.82, 2.24) is 0 Å². The fourth-order valence-corrected chi connectivity index (χ4v) is 11.2. The Labute approximate surface area is 247 Å². The second kappa shape index (κ2) is 12.2. The van der Waals surface area contributed by atoms with E-state index in [4.69, 9.17) is 16.2 Å². The molecule has 4 aliphatic carbocycles. The van der Waals surface area contributed by atoms with Crippen molar-refractivity contribution in [3.05, 3.63) is 23.8 Å². The molecule has 1 aromatic rings. The van der Waals surface area contributed by atoms with Gasteiger partial charge < -0.3 is 16.2 Å². The van der Waals surface area contributed by atoms with Crippen LogP contribution in [0.25, 0.3) is 0 Å². The Hall–Kier alpha value is -1.22. The van der Waals surface area contributed by atoms with Crippen LogP contribution in [0.5, 0.6) is 0 Å². The van der Waals surface area contributed by atoms with Crippen LogP contribution in [0.15, 0.2) is 18.2 Å². The van der Waals surface area contributed by atoms with Gasteiger partial charge in [0.25, 0.3) is 0 Å². The van der Waals surface area contributed by atoms with E-state index in [-0.39, 0.29) is 11.5 Å². The van der Waals surface area contributed by atoms with Crippen molar-refractivity contribution in [1.29, 1.82) is 0 Å². The Bertz CT molecular complexity index is 970. The molecule has 0 bridgehead atoms. The number of rotatable bonds is 10. The minimum atomic E-state index is 0.00329. The van der Waals surface area contributed by atoms with Gasteiger partial charge in [-0.1, -0.05) is 79.7 Å². The molecule has 1 aromatic carbocycles. The molecule has 0 spiro atoms. The fourth-order valence-electron chi connectivity index (χ4n) is 11.2. The highest BCUT2D eigenvalue weighted by Gasteiger charge is 2.62. The van der Waals surface area contributed by atoms with Crippen LogP contribution in [-0.2, 0) is 4.74 Å². The molecule has 226 valence electrons. The summed E-state index contributed by atoms with van der Waals surface area (Å²) in [5.74, 6) is 6.04. The highest BCUT2D eigenvalue weighted by atomic mass is 16.5. The first-order chi connectivity index (χ1) is 19.1. The molecule has 3 unspecified atom stereocenters. The van der Waals surface area contributed by atoms with Crippen molar-refractivity contribution in [2.75, 3.05) is 11.5 Å². The van der Waals surface area contributed by atoms with Gasteiger partial charge in [0.2, 0.25) is 0 Å². The summed E-state index contributed by atoms with van der Waals surface area (Å²) in [6.45, 7) is 15.0. The third kappa shape index (κ3) is 5.35. The van der Waals surface area contributed by atoms with Gasteiger partial charge in [0.05, 0.1) is 12.2 Å². The number of hydrogen-bond acceptors (Lipinski definition) is 3. The van der Waals surface area contributed by atoms with Gasteiger partial charge in [0, 0.05) is 16.9 Å². The molecule has 3 heteroatoms. The maximum absolute atomic E-state index is 7.30. The SMILES string of the molecule is CCCC(OC1CCCC2CC[C@@H]3[C@H](CC[C@]4(C)[C@@H]([C@H](C)CCCC(C)C)CC[C@@H]34)[C@]21C)c1c(N)cccc1N. The van der Waals surface area contributed by atoms with Crippen LogP contribution < -0.4 is 11.5 Å². The van der Waals surface area contributed by atoms with E-state index < -0.39 is 0 Å². The normalized spacial score (nSPS) is 38.9. The predicted molar refractivity (Wildman–Crippen MR) is 171 cm³/mol. The zero-order chi connectivity index (χ0) is 28.7. The van der Waals surface area contributed by atoms with Crippen molar-refractivity contribution in [2.45, 2.75) is 144 Å². The number of benzene rings is 1. The van der Waals surface area contributed by atoms with Crippen molar-refractivity contribution in [3.63, 3.8) is 0 Å². The van der Waals surface area contributed by atoms with Crippen LogP contribution in [0.2, 0.25) is 0 Å². The van der Waals surface area contributed by atoms with E-state index in [9.17, 15) is 0 Å². The van der Waals surface area contributed by atoms with Crippen LogP contribution in [0.1, 0.15) is 143 Å². The lowest BCUT2D eigenvalue weighted by atomic mass is 9.44. The second-order valence-corrected chi connectivity index (χ2v) is 15.7. The molecule has 0 amide bonds. The summed E-state index contributed by atoms with van der Waals surface area (Å²) in [6, 6.07) is 5.98. The summed E-state index contributed by atoms with van der Waals surface area (Å²) in [5, 5.41) is 0. The quantitative estimate of drug-likeness (QED) is 0.285. The fraction of sp³-hybridized carbons (Fsp3) is 0.838. The Morgan fingerprint density at radius 3 is 2.33 bits per heavy atom. The average molecular weight is 551 g/mol. The van der Waals surface area contributed by atoms with Gasteiger partial charge in [-0.3, -0.25) is 0 Å². The summed E-state index contributed by atoms with van der Waals surface area (Å²) in [4.78, 5) is 0. The molecule has 0 heterocycles. The molecular weight excluding hydrogens is 488 g/mol. The number of nitrogens with two attached hydrogens (primary N) is 2. The summed E-state index contributed by atoms with van der Waals surface area (Å²) < 4.78 is 7.30. The van der Waals surface area contributed by atoms with Crippen molar-refractivity contribution in [2.24, 2.45) is 52.3 Å². The largest absolute Gasteiger partial charge is 0.398 e. The van der Waals surface area contributed by atoms with E-state index in [0.29, 0.717) is 11.5 Å². The number of anilines is 2. The number of ether oxygens (including phenoxy) is 1. The third-order valence-corrected chi connectivity index (χ3v) is 13.3. The Morgan fingerprint density at radius 2 is 1.62 bits per heavy atom. The molecule has 0 saturated heterocycles. The van der Waals surface area contributed by atoms with Gasteiger partial charge in [-0.25, -0.2) is 0 Å². The highest BCUT2D eigenvalue weighted by molar-refractivity contribution is 5.62. The lowest BCUT2D eigenvalue weighted by Gasteiger charge is -2.63. The van der Waals surface area contributed by atoms with E-state index in [2.05, 4.69) is 41.5 Å². The van der Waals surface area contributed by atoms with Crippen LogP contribution >= 0.6 is 0 Å². The summed E-state index contributed by atoms with van der Waals surface area (Å²) in [5.41, 5.74) is 16.5. The van der Waals surface area contributed by atoms with Gasteiger partial charge in [0.1, 0.15) is 0 Å². The Balaban J connectivity index is 1.37. The lowest BCUT2D eigenvalue weighted by Crippen LogP contribution is -2.58. The van der Waals surface area contributed by atoms with E-state index >= 15 is 0 Å². The maximum atomic E-state index is 7.30. The van der Waals surface area contributed by atoms with Gasteiger partial charge in [-0.2, -0.15) is 0 Å². The summed E-state index contributed by atoms with van der Waals surface area (Å²) in [7, 11) is 0. The van der Waals surface area contributed by atoms with Gasteiger partial charge in [0.15, 0.2) is 0 Å². The number of hydrogen-bond donors (Lipinski definition) is 2. The predicted octanol–water partition coefficient (Wildman–Crippen LogP) is 10.2. The molecule has 0 radical (unpaired) electrons. The summed E-state index contributed by atoms with van der Waals surface area (Å²) >= 11 is 0. The number of fused-ring (bicyclic) bond motifs is 5. The molecule has 10 atom stereocenters. The van der Waals surface area contributed by atoms with Crippen molar-refractivity contribution in [3.8, 4) is 0 Å². The van der Waals surface area contributed by atoms with Crippen LogP contribution in [0.3, 0.4) is 0 Å². The molecule has 40 heavy (non-hydrogen) atoms. The zero-order valence-corrected chi connectivity index (χ0v) is 26.9. The van der Waals surface area contributed by atoms with Crippen LogP contribution in [-0.4, -0.2) is 6.10 Å². The standard InChI is InChI=1S/C37H62N2O/c1-7-11-33(35-31(38)15-10-16-32(35)39)40-34-17-9-14-26-18-19-27-29-21-20-28(25(4)13-8-12-24(2)3)36(29,5)23-22-30(27)37(26,34)6/h10,15-16,24-30,33-34H,7-9,11-14,17-23,38-39H2,1-6H3/t25-,26?,27+,28-,29+,30+,33?,34?,36-,37+/m1/s1. The lowest BCUT2D eigenvalue weighted by molar-refractivity contribution is -0.197. The molecular formula is C37H62N2O. The van der Waals surface area contributed by atoms with Crippen LogP contribution in [0, 0.1) is 52.3 Å². The van der Waals surface area contributed by atoms with Crippen LogP contribution in [0.4, 0.5) is 11.4 Å². The van der Waals surface area contributed by atoms with Gasteiger partial charge in [-0.15, -0.1) is 0 Å². The molecule has 0 aliphatic heterocycles. The van der Waals surface area contributed by atoms with Crippen molar-refractivity contribution >= 4 is 11.4 Å². The summed E-state index contributed by atoms with van der Waals surface area (Å²) in [6.07, 6.45) is 19.2. The first kappa shape index (κ1) is 30.2. The Morgan fingerprint density at radius 1 is 0.875 bits per heavy atom. The van der Waals surface area contributed by atoms with Crippen molar-refractivity contribution < 1.29 is 4.74 Å². The average Bonchev–Trinajstić information content (AvgIpc) is 3.26. The van der Waals surface area contributed by atoms with Gasteiger partial charge >= 0.3 is 0 Å². The zero-order valence-electron chi connectivity index (χ0n) is 26.9. The minimum Gasteiger partial charge on any atom is -0.398 e. The first-order valence-electron chi connectivity index (χ1n) is 17.4. The second-order valence-electron chi connectivity index (χ2n) is 15.7. The van der Waals surface area contributed by atoms with E-state index in [1.807, 2.05) is 18.2 Å². The topological polar surface area (TPSA) is 61.3 Å².